The van der Waals surface area contributed by atoms with Crippen molar-refractivity contribution in [1.29, 1.82) is 0 Å². The van der Waals surface area contributed by atoms with Crippen LogP contribution in [0.4, 0.5) is 10.5 Å². The van der Waals surface area contributed by atoms with Crippen molar-refractivity contribution in [3.05, 3.63) is 39.0 Å². The lowest BCUT2D eigenvalue weighted by molar-refractivity contribution is 0.0533. The maximum Gasteiger partial charge on any atom is 0.350 e. The number of halogens is 1. The number of carbonyl (C=O) groups excluding carboxylic acids is 2. The van der Waals surface area contributed by atoms with E-state index >= 15 is 0 Å². The standard InChI is InChI=1S/C14H13BrN2O3S/c1-2-20-13(18)12-11(17-14(16)19)10(7-21-12)8-3-5-9(15)6-4-8/h3-7H,2H2,1H3,(H3,16,17,19). The molecule has 3 N–H and O–H groups in total. The van der Waals surface area contributed by atoms with Gasteiger partial charge in [-0.05, 0) is 24.6 Å². The molecule has 5 nitrogen and oxygen atoms in total. The number of hydrogen-bond acceptors (Lipinski definition) is 4. The van der Waals surface area contributed by atoms with Crippen LogP contribution in [0, 0.1) is 0 Å². The Kier molecular flexibility index (Phi) is 4.98. The molecular weight excluding hydrogens is 356 g/mol. The van der Waals surface area contributed by atoms with Crippen molar-refractivity contribution in [2.75, 3.05) is 11.9 Å². The van der Waals surface area contributed by atoms with Crippen LogP contribution >= 0.6 is 27.3 Å². The zero-order chi connectivity index (χ0) is 15.4. The highest BCUT2D eigenvalue weighted by Gasteiger charge is 2.21. The third-order valence-electron chi connectivity index (χ3n) is 2.66. The van der Waals surface area contributed by atoms with Gasteiger partial charge in [-0.3, -0.25) is 0 Å². The van der Waals surface area contributed by atoms with Crippen LogP contribution in [0.5, 0.6) is 0 Å². The van der Waals surface area contributed by atoms with E-state index in [0.29, 0.717) is 10.6 Å². The van der Waals surface area contributed by atoms with Crippen LogP contribution in [0.15, 0.2) is 34.1 Å². The molecule has 0 atom stereocenters. The molecule has 110 valence electrons. The van der Waals surface area contributed by atoms with Gasteiger partial charge in [0, 0.05) is 15.4 Å². The Morgan fingerprint density at radius 2 is 2.00 bits per heavy atom. The highest BCUT2D eigenvalue weighted by Crippen LogP contribution is 2.37. The second-order valence-electron chi connectivity index (χ2n) is 4.07. The molecule has 1 aromatic heterocycles. The third-order valence-corrected chi connectivity index (χ3v) is 4.14. The van der Waals surface area contributed by atoms with Crippen LogP contribution in [-0.2, 0) is 4.74 Å². The Balaban J connectivity index is 2.48. The summed E-state index contributed by atoms with van der Waals surface area (Å²) >= 11 is 4.57. The molecule has 0 fully saturated rings. The summed E-state index contributed by atoms with van der Waals surface area (Å²) in [7, 11) is 0. The van der Waals surface area contributed by atoms with E-state index in [0.717, 1.165) is 15.6 Å². The van der Waals surface area contributed by atoms with Crippen LogP contribution < -0.4 is 11.1 Å². The number of urea groups is 1. The lowest BCUT2D eigenvalue weighted by Crippen LogP contribution is -2.21. The topological polar surface area (TPSA) is 81.4 Å². The summed E-state index contributed by atoms with van der Waals surface area (Å²) in [6.07, 6.45) is 0. The predicted molar refractivity (Wildman–Crippen MR) is 86.6 cm³/mol. The fourth-order valence-corrected chi connectivity index (χ4v) is 2.98. The summed E-state index contributed by atoms with van der Waals surface area (Å²) in [6, 6.07) is 6.80. The highest BCUT2D eigenvalue weighted by molar-refractivity contribution is 9.10. The first-order chi connectivity index (χ1) is 10.0. The molecule has 0 bridgehead atoms. The summed E-state index contributed by atoms with van der Waals surface area (Å²) in [6.45, 7) is 1.99. The van der Waals surface area contributed by atoms with Gasteiger partial charge in [0.15, 0.2) is 0 Å². The number of carbonyl (C=O) groups is 2. The molecule has 1 heterocycles. The number of benzene rings is 1. The van der Waals surface area contributed by atoms with Gasteiger partial charge in [0.25, 0.3) is 0 Å². The molecule has 0 saturated carbocycles. The lowest BCUT2D eigenvalue weighted by atomic mass is 10.1. The van der Waals surface area contributed by atoms with Gasteiger partial charge in [-0.2, -0.15) is 0 Å². The van der Waals surface area contributed by atoms with E-state index in [2.05, 4.69) is 21.2 Å². The first-order valence-corrected chi connectivity index (χ1v) is 7.81. The van der Waals surface area contributed by atoms with Crippen LogP contribution in [0.25, 0.3) is 11.1 Å². The number of ether oxygens (including phenoxy) is 1. The number of rotatable bonds is 4. The molecule has 0 unspecified atom stereocenters. The first-order valence-electron chi connectivity index (χ1n) is 6.14. The minimum absolute atomic E-state index is 0.264. The summed E-state index contributed by atoms with van der Waals surface area (Å²) in [4.78, 5) is 23.5. The first kappa shape index (κ1) is 15.5. The molecule has 2 rings (SSSR count). The Hall–Kier alpha value is -1.86. The van der Waals surface area contributed by atoms with E-state index < -0.39 is 12.0 Å². The van der Waals surface area contributed by atoms with Crippen molar-refractivity contribution in [3.63, 3.8) is 0 Å². The van der Waals surface area contributed by atoms with Crippen molar-refractivity contribution >= 4 is 45.0 Å². The van der Waals surface area contributed by atoms with E-state index in [-0.39, 0.29) is 6.61 Å². The van der Waals surface area contributed by atoms with Gasteiger partial charge >= 0.3 is 12.0 Å². The SMILES string of the molecule is CCOC(=O)c1scc(-c2ccc(Br)cc2)c1NC(N)=O. The number of nitrogens with one attached hydrogen (secondary N) is 1. The molecule has 0 radical (unpaired) electrons. The van der Waals surface area contributed by atoms with Gasteiger partial charge in [0.2, 0.25) is 0 Å². The molecule has 0 aliphatic rings. The van der Waals surface area contributed by atoms with Crippen molar-refractivity contribution in [3.8, 4) is 11.1 Å². The van der Waals surface area contributed by atoms with Gasteiger partial charge in [0.05, 0.1) is 12.3 Å². The average Bonchev–Trinajstić information content (AvgIpc) is 2.83. The second kappa shape index (κ2) is 6.73. The van der Waals surface area contributed by atoms with Crippen molar-refractivity contribution in [1.82, 2.24) is 0 Å². The molecule has 7 heteroatoms. The molecular formula is C14H13BrN2O3S. The number of anilines is 1. The average molecular weight is 369 g/mol. The van der Waals surface area contributed by atoms with Crippen molar-refractivity contribution in [2.24, 2.45) is 5.73 Å². The largest absolute Gasteiger partial charge is 0.462 e. The zero-order valence-corrected chi connectivity index (χ0v) is 13.6. The lowest BCUT2D eigenvalue weighted by Gasteiger charge is -2.08. The van der Waals surface area contributed by atoms with Crippen molar-refractivity contribution < 1.29 is 14.3 Å². The number of amides is 2. The van der Waals surface area contributed by atoms with Gasteiger partial charge in [0.1, 0.15) is 4.88 Å². The fraction of sp³-hybridized carbons (Fsp3) is 0.143. The van der Waals surface area contributed by atoms with Crippen molar-refractivity contribution in [2.45, 2.75) is 6.92 Å². The summed E-state index contributed by atoms with van der Waals surface area (Å²) in [5, 5.41) is 4.30. The summed E-state index contributed by atoms with van der Waals surface area (Å²) in [5.41, 5.74) is 7.18. The van der Waals surface area contributed by atoms with Gasteiger partial charge in [-0.1, -0.05) is 28.1 Å². The monoisotopic (exact) mass is 368 g/mol. The Labute approximate surface area is 134 Å². The smallest absolute Gasteiger partial charge is 0.350 e. The number of thiophene rings is 1. The number of esters is 1. The maximum absolute atomic E-state index is 11.9. The second-order valence-corrected chi connectivity index (χ2v) is 5.87. The number of nitrogens with two attached hydrogens (primary N) is 1. The summed E-state index contributed by atoms with van der Waals surface area (Å²) in [5.74, 6) is -0.477. The van der Waals surface area contributed by atoms with Crippen LogP contribution in [-0.4, -0.2) is 18.6 Å². The summed E-state index contributed by atoms with van der Waals surface area (Å²) < 4.78 is 5.93. The molecule has 0 spiro atoms. The minimum atomic E-state index is -0.725. The van der Waals surface area contributed by atoms with Crippen LogP contribution in [0.3, 0.4) is 0 Å². The highest BCUT2D eigenvalue weighted by atomic mass is 79.9. The maximum atomic E-state index is 11.9. The molecule has 0 saturated heterocycles. The van der Waals surface area contributed by atoms with E-state index in [1.54, 1.807) is 12.3 Å². The molecule has 2 aromatic rings. The minimum Gasteiger partial charge on any atom is -0.462 e. The van der Waals surface area contributed by atoms with Gasteiger partial charge in [-0.15, -0.1) is 11.3 Å². The molecule has 0 aliphatic heterocycles. The third kappa shape index (κ3) is 3.62. The Morgan fingerprint density at radius 1 is 1.33 bits per heavy atom. The molecule has 0 aliphatic carbocycles. The van der Waals surface area contributed by atoms with Gasteiger partial charge < -0.3 is 15.8 Å². The van der Waals surface area contributed by atoms with E-state index in [1.807, 2.05) is 24.3 Å². The molecule has 1 aromatic carbocycles. The molecule has 2 amide bonds. The normalized spacial score (nSPS) is 10.2. The predicted octanol–water partition coefficient (Wildman–Crippen LogP) is 3.84. The Morgan fingerprint density at radius 3 is 2.57 bits per heavy atom. The van der Waals surface area contributed by atoms with E-state index in [1.165, 1.54) is 11.3 Å². The van der Waals surface area contributed by atoms with E-state index in [4.69, 9.17) is 10.5 Å². The zero-order valence-electron chi connectivity index (χ0n) is 11.2. The van der Waals surface area contributed by atoms with E-state index in [9.17, 15) is 9.59 Å². The fourth-order valence-electron chi connectivity index (χ4n) is 1.79. The number of primary amides is 1. The quantitative estimate of drug-likeness (QED) is 0.804. The van der Waals surface area contributed by atoms with Crippen LogP contribution in [0.2, 0.25) is 0 Å². The number of hydrogen-bond donors (Lipinski definition) is 2. The van der Waals surface area contributed by atoms with Gasteiger partial charge in [-0.25, -0.2) is 9.59 Å². The molecule has 21 heavy (non-hydrogen) atoms. The van der Waals surface area contributed by atoms with Crippen LogP contribution in [0.1, 0.15) is 16.6 Å². The Bertz CT molecular complexity index is 667.